The third kappa shape index (κ3) is 2.19. The zero-order valence-corrected chi connectivity index (χ0v) is 13.4. The molecule has 0 spiro atoms. The second-order valence-electron chi connectivity index (χ2n) is 5.35. The standard InChI is InChI=1S/C16H11N3O4S/c1-9-7-18-10(8-24-16(18)17-9)6-13(20)23-19-14(21)11-4-2-3-5-12(11)15(19)22/h2-5,7-8H,6H2,1H3. The number of amides is 2. The molecule has 3 aromatic rings. The smallest absolute Gasteiger partial charge is 0.329 e. The van der Waals surface area contributed by atoms with E-state index in [-0.39, 0.29) is 17.5 Å². The van der Waals surface area contributed by atoms with Crippen LogP contribution in [0.2, 0.25) is 0 Å². The van der Waals surface area contributed by atoms with Crippen molar-refractivity contribution in [1.82, 2.24) is 14.4 Å². The largest absolute Gasteiger partial charge is 0.339 e. The summed E-state index contributed by atoms with van der Waals surface area (Å²) in [5, 5.41) is 2.32. The molecule has 0 unspecified atom stereocenters. The molecule has 8 heteroatoms. The molecule has 0 saturated heterocycles. The van der Waals surface area contributed by atoms with Crippen LogP contribution in [0.4, 0.5) is 0 Å². The van der Waals surface area contributed by atoms with Crippen LogP contribution in [-0.2, 0) is 16.1 Å². The van der Waals surface area contributed by atoms with Crippen molar-refractivity contribution in [2.45, 2.75) is 13.3 Å². The normalized spacial score (nSPS) is 13.6. The molecule has 2 aromatic heterocycles. The maximum atomic E-state index is 12.2. The number of hydrogen-bond acceptors (Lipinski definition) is 6. The van der Waals surface area contributed by atoms with Gasteiger partial charge in [0, 0.05) is 17.3 Å². The first-order valence-corrected chi connectivity index (χ1v) is 8.03. The number of aromatic nitrogens is 2. The summed E-state index contributed by atoms with van der Waals surface area (Å²) in [4.78, 5) is 46.6. The Balaban J connectivity index is 1.53. The van der Waals surface area contributed by atoms with Gasteiger partial charge >= 0.3 is 5.97 Å². The number of aryl methyl sites for hydroxylation is 1. The fourth-order valence-corrected chi connectivity index (χ4v) is 3.52. The van der Waals surface area contributed by atoms with E-state index in [4.69, 9.17) is 4.84 Å². The number of carbonyl (C=O) groups is 3. The Bertz CT molecular complexity index is 969. The second-order valence-corrected chi connectivity index (χ2v) is 6.19. The molecule has 0 N–H and O–H groups in total. The Hall–Kier alpha value is -3.00. The lowest BCUT2D eigenvalue weighted by molar-refractivity contribution is -0.167. The quantitative estimate of drug-likeness (QED) is 0.681. The summed E-state index contributed by atoms with van der Waals surface area (Å²) in [5.41, 5.74) is 2.01. The minimum Gasteiger partial charge on any atom is -0.329 e. The van der Waals surface area contributed by atoms with Crippen molar-refractivity contribution in [3.8, 4) is 0 Å². The fourth-order valence-electron chi connectivity index (χ4n) is 2.60. The van der Waals surface area contributed by atoms with Crippen LogP contribution < -0.4 is 0 Å². The molecule has 0 bridgehead atoms. The highest BCUT2D eigenvalue weighted by atomic mass is 32.1. The Labute approximate surface area is 140 Å². The number of hydrogen-bond donors (Lipinski definition) is 0. The van der Waals surface area contributed by atoms with Gasteiger partial charge in [0.05, 0.1) is 23.2 Å². The van der Waals surface area contributed by atoms with E-state index in [0.29, 0.717) is 10.8 Å². The molecule has 0 saturated carbocycles. The van der Waals surface area contributed by atoms with E-state index in [9.17, 15) is 14.4 Å². The number of hydroxylamine groups is 2. The zero-order chi connectivity index (χ0) is 16.8. The highest BCUT2D eigenvalue weighted by Crippen LogP contribution is 2.23. The predicted octanol–water partition coefficient (Wildman–Crippen LogP) is 2.00. The molecule has 1 aliphatic rings. The Morgan fingerprint density at radius 2 is 1.88 bits per heavy atom. The van der Waals surface area contributed by atoms with Crippen LogP contribution in [0.25, 0.3) is 4.96 Å². The van der Waals surface area contributed by atoms with Crippen LogP contribution in [0.15, 0.2) is 35.8 Å². The highest BCUT2D eigenvalue weighted by Gasteiger charge is 2.38. The first-order chi connectivity index (χ1) is 11.5. The van der Waals surface area contributed by atoms with Crippen LogP contribution in [0, 0.1) is 6.92 Å². The van der Waals surface area contributed by atoms with Crippen molar-refractivity contribution in [2.24, 2.45) is 0 Å². The van der Waals surface area contributed by atoms with E-state index in [0.717, 1.165) is 10.7 Å². The third-order valence-electron chi connectivity index (χ3n) is 3.68. The summed E-state index contributed by atoms with van der Waals surface area (Å²) in [7, 11) is 0. The molecular formula is C16H11N3O4S. The van der Waals surface area contributed by atoms with Crippen LogP contribution in [0.1, 0.15) is 32.1 Å². The van der Waals surface area contributed by atoms with Gasteiger partial charge in [0.1, 0.15) is 0 Å². The third-order valence-corrected chi connectivity index (χ3v) is 4.57. The fraction of sp³-hybridized carbons (Fsp3) is 0.125. The van der Waals surface area contributed by atoms with E-state index < -0.39 is 17.8 Å². The molecule has 0 aliphatic carbocycles. The van der Waals surface area contributed by atoms with E-state index in [1.165, 1.54) is 23.5 Å². The van der Waals surface area contributed by atoms with Gasteiger partial charge in [-0.3, -0.25) is 14.0 Å². The Morgan fingerprint density at radius 3 is 2.54 bits per heavy atom. The van der Waals surface area contributed by atoms with E-state index in [1.807, 2.05) is 13.1 Å². The van der Waals surface area contributed by atoms with Crippen LogP contribution in [0.3, 0.4) is 0 Å². The highest BCUT2D eigenvalue weighted by molar-refractivity contribution is 7.15. The Kier molecular flexibility index (Phi) is 3.20. The molecule has 7 nitrogen and oxygen atoms in total. The molecule has 1 aliphatic heterocycles. The van der Waals surface area contributed by atoms with Crippen molar-refractivity contribution in [1.29, 1.82) is 0 Å². The first-order valence-electron chi connectivity index (χ1n) is 7.15. The summed E-state index contributed by atoms with van der Waals surface area (Å²) in [5.74, 6) is -1.94. The molecule has 2 amide bonds. The lowest BCUT2D eigenvalue weighted by Gasteiger charge is -2.12. The number of benzene rings is 1. The molecule has 3 heterocycles. The van der Waals surface area contributed by atoms with Gasteiger partial charge in [-0.1, -0.05) is 17.2 Å². The number of imidazole rings is 1. The topological polar surface area (TPSA) is 81.0 Å². The predicted molar refractivity (Wildman–Crippen MR) is 84.5 cm³/mol. The molecule has 120 valence electrons. The summed E-state index contributed by atoms with van der Waals surface area (Å²) in [6, 6.07) is 6.36. The molecule has 0 radical (unpaired) electrons. The first kappa shape index (κ1) is 14.6. The van der Waals surface area contributed by atoms with Gasteiger partial charge < -0.3 is 4.84 Å². The van der Waals surface area contributed by atoms with Crippen molar-refractivity contribution in [3.05, 3.63) is 58.4 Å². The van der Waals surface area contributed by atoms with Gasteiger partial charge in [0.25, 0.3) is 11.8 Å². The number of fused-ring (bicyclic) bond motifs is 2. The Morgan fingerprint density at radius 1 is 1.21 bits per heavy atom. The van der Waals surface area contributed by atoms with Crippen molar-refractivity contribution >= 4 is 34.1 Å². The number of imide groups is 1. The summed E-state index contributed by atoms with van der Waals surface area (Å²) in [6.45, 7) is 1.86. The van der Waals surface area contributed by atoms with Gasteiger partial charge in [0.15, 0.2) is 4.96 Å². The molecule has 1 aromatic carbocycles. The van der Waals surface area contributed by atoms with Gasteiger partial charge in [0.2, 0.25) is 0 Å². The average Bonchev–Trinajstić information content (AvgIpc) is 3.17. The number of nitrogens with zero attached hydrogens (tertiary/aromatic N) is 3. The molecule has 0 fully saturated rings. The van der Waals surface area contributed by atoms with Gasteiger partial charge in [-0.15, -0.1) is 11.3 Å². The van der Waals surface area contributed by atoms with E-state index in [1.54, 1.807) is 21.9 Å². The maximum absolute atomic E-state index is 12.2. The lowest BCUT2D eigenvalue weighted by atomic mass is 10.1. The van der Waals surface area contributed by atoms with E-state index in [2.05, 4.69) is 4.98 Å². The van der Waals surface area contributed by atoms with Crippen LogP contribution in [-0.4, -0.2) is 32.2 Å². The molecule has 0 atom stereocenters. The van der Waals surface area contributed by atoms with Crippen LogP contribution >= 0.6 is 11.3 Å². The molecular weight excluding hydrogens is 330 g/mol. The number of thiazole rings is 1. The minimum atomic E-state index is -0.685. The average molecular weight is 341 g/mol. The maximum Gasteiger partial charge on any atom is 0.339 e. The molecule has 4 rings (SSSR count). The summed E-state index contributed by atoms with van der Waals surface area (Å²) >= 11 is 1.41. The summed E-state index contributed by atoms with van der Waals surface area (Å²) < 4.78 is 1.80. The van der Waals surface area contributed by atoms with Gasteiger partial charge in [-0.25, -0.2) is 9.78 Å². The zero-order valence-electron chi connectivity index (χ0n) is 12.6. The second kappa shape index (κ2) is 5.27. The van der Waals surface area contributed by atoms with Crippen molar-refractivity contribution in [3.63, 3.8) is 0 Å². The minimum absolute atomic E-state index is 0.0663. The van der Waals surface area contributed by atoms with Crippen molar-refractivity contribution in [2.75, 3.05) is 0 Å². The van der Waals surface area contributed by atoms with Crippen molar-refractivity contribution < 1.29 is 19.2 Å². The summed E-state index contributed by atoms with van der Waals surface area (Å²) in [6.07, 6.45) is 1.75. The monoisotopic (exact) mass is 341 g/mol. The lowest BCUT2D eigenvalue weighted by Crippen LogP contribution is -2.33. The number of rotatable bonds is 3. The van der Waals surface area contributed by atoms with Gasteiger partial charge in [-0.2, -0.15) is 0 Å². The number of carbonyl (C=O) groups excluding carboxylic acids is 3. The SMILES string of the molecule is Cc1cn2c(CC(=O)ON3C(=O)c4ccccc4C3=O)csc2n1. The van der Waals surface area contributed by atoms with E-state index >= 15 is 0 Å². The van der Waals surface area contributed by atoms with Crippen LogP contribution in [0.5, 0.6) is 0 Å². The molecule has 24 heavy (non-hydrogen) atoms. The van der Waals surface area contributed by atoms with Gasteiger partial charge in [-0.05, 0) is 19.1 Å².